The van der Waals surface area contributed by atoms with Crippen molar-refractivity contribution in [3.63, 3.8) is 0 Å². The van der Waals surface area contributed by atoms with E-state index in [9.17, 15) is 4.39 Å². The molecule has 1 rings (SSSR count). The molecule has 0 aliphatic heterocycles. The van der Waals surface area contributed by atoms with Gasteiger partial charge in [-0.3, -0.25) is 0 Å². The Morgan fingerprint density at radius 3 is 2.71 bits per heavy atom. The lowest BCUT2D eigenvalue weighted by Crippen LogP contribution is -2.05. The van der Waals surface area contributed by atoms with Gasteiger partial charge in [0.1, 0.15) is 5.82 Å². The molecule has 0 amide bonds. The molecule has 0 saturated heterocycles. The molecule has 0 fully saturated rings. The van der Waals surface area contributed by atoms with Gasteiger partial charge in [-0.05, 0) is 36.1 Å². The molecule has 1 atom stereocenters. The molecule has 1 unspecified atom stereocenters. The van der Waals surface area contributed by atoms with Crippen molar-refractivity contribution in [1.82, 2.24) is 0 Å². The van der Waals surface area contributed by atoms with Gasteiger partial charge in [0.15, 0.2) is 0 Å². The molecule has 0 radical (unpaired) electrons. The molecule has 78 valence electrons. The molecule has 0 nitrogen and oxygen atoms in total. The van der Waals surface area contributed by atoms with Crippen LogP contribution < -0.4 is 0 Å². The van der Waals surface area contributed by atoms with E-state index in [1.807, 2.05) is 0 Å². The third-order valence-corrected chi connectivity index (χ3v) is 3.12. The molecular formula is C11H13Cl2F. The number of halogens is 3. The minimum absolute atomic E-state index is 0.242. The Bertz CT molecular complexity index is 295. The van der Waals surface area contributed by atoms with Crippen molar-refractivity contribution in [3.8, 4) is 0 Å². The van der Waals surface area contributed by atoms with Crippen LogP contribution in [-0.2, 0) is 6.42 Å². The standard InChI is InChI=1S/C11H13Cl2F/c1-2-8(7-12)5-9-6-10(14)3-4-11(9)13/h3-4,6,8H,2,5,7H2,1H3. The van der Waals surface area contributed by atoms with Gasteiger partial charge in [0.2, 0.25) is 0 Å². The third-order valence-electron chi connectivity index (χ3n) is 2.31. The molecule has 0 saturated carbocycles. The summed E-state index contributed by atoms with van der Waals surface area (Å²) in [5, 5.41) is 0.620. The van der Waals surface area contributed by atoms with Gasteiger partial charge in [-0.2, -0.15) is 0 Å². The van der Waals surface area contributed by atoms with Crippen LogP contribution in [0, 0.1) is 11.7 Å². The summed E-state index contributed by atoms with van der Waals surface area (Å²) >= 11 is 11.7. The minimum Gasteiger partial charge on any atom is -0.207 e. The Kier molecular flexibility index (Phi) is 4.70. The fourth-order valence-electron chi connectivity index (χ4n) is 1.32. The Morgan fingerprint density at radius 2 is 2.14 bits per heavy atom. The van der Waals surface area contributed by atoms with Gasteiger partial charge in [-0.25, -0.2) is 4.39 Å². The van der Waals surface area contributed by atoms with Crippen LogP contribution in [0.5, 0.6) is 0 Å². The Hall–Kier alpha value is -0.270. The van der Waals surface area contributed by atoms with Gasteiger partial charge in [0.25, 0.3) is 0 Å². The van der Waals surface area contributed by atoms with Crippen LogP contribution >= 0.6 is 23.2 Å². The highest BCUT2D eigenvalue weighted by molar-refractivity contribution is 6.31. The highest BCUT2D eigenvalue weighted by atomic mass is 35.5. The highest BCUT2D eigenvalue weighted by Crippen LogP contribution is 2.22. The highest BCUT2D eigenvalue weighted by Gasteiger charge is 2.09. The van der Waals surface area contributed by atoms with E-state index >= 15 is 0 Å². The van der Waals surface area contributed by atoms with E-state index in [1.54, 1.807) is 6.07 Å². The van der Waals surface area contributed by atoms with E-state index in [0.29, 0.717) is 16.8 Å². The lowest BCUT2D eigenvalue weighted by Gasteiger charge is -2.12. The number of hydrogen-bond acceptors (Lipinski definition) is 0. The van der Waals surface area contributed by atoms with Crippen molar-refractivity contribution in [1.29, 1.82) is 0 Å². The summed E-state index contributed by atoms with van der Waals surface area (Å²) in [6.45, 7) is 2.07. The van der Waals surface area contributed by atoms with E-state index in [1.165, 1.54) is 12.1 Å². The van der Waals surface area contributed by atoms with Crippen LogP contribution in [0.3, 0.4) is 0 Å². The van der Waals surface area contributed by atoms with Crippen LogP contribution in [0.4, 0.5) is 4.39 Å². The maximum atomic E-state index is 12.9. The predicted molar refractivity (Wildman–Crippen MR) is 59.6 cm³/mol. The van der Waals surface area contributed by atoms with Crippen LogP contribution in [0.2, 0.25) is 5.02 Å². The molecule has 1 aromatic rings. The van der Waals surface area contributed by atoms with Crippen LogP contribution in [-0.4, -0.2) is 5.88 Å². The summed E-state index contributed by atoms with van der Waals surface area (Å²) < 4.78 is 12.9. The van der Waals surface area contributed by atoms with E-state index in [-0.39, 0.29) is 5.82 Å². The second-order valence-corrected chi connectivity index (χ2v) is 4.08. The van der Waals surface area contributed by atoms with Crippen molar-refractivity contribution >= 4 is 23.2 Å². The lowest BCUT2D eigenvalue weighted by molar-refractivity contribution is 0.561. The van der Waals surface area contributed by atoms with Crippen molar-refractivity contribution in [2.75, 3.05) is 5.88 Å². The summed E-state index contributed by atoms with van der Waals surface area (Å²) in [7, 11) is 0. The summed E-state index contributed by atoms with van der Waals surface area (Å²) in [5.74, 6) is 0.716. The first-order valence-electron chi connectivity index (χ1n) is 4.67. The average molecular weight is 235 g/mol. The van der Waals surface area contributed by atoms with Gasteiger partial charge in [0, 0.05) is 10.9 Å². The molecule has 0 aliphatic rings. The topological polar surface area (TPSA) is 0 Å². The second kappa shape index (κ2) is 5.57. The lowest BCUT2D eigenvalue weighted by atomic mass is 9.99. The summed E-state index contributed by atoms with van der Waals surface area (Å²) in [4.78, 5) is 0. The first-order chi connectivity index (χ1) is 6.67. The number of hydrogen-bond donors (Lipinski definition) is 0. The van der Waals surface area contributed by atoms with E-state index in [0.717, 1.165) is 18.4 Å². The molecule has 0 N–H and O–H groups in total. The van der Waals surface area contributed by atoms with Gasteiger partial charge in [-0.15, -0.1) is 11.6 Å². The van der Waals surface area contributed by atoms with Crippen LogP contribution in [0.25, 0.3) is 0 Å². The first kappa shape index (κ1) is 11.8. The zero-order valence-electron chi connectivity index (χ0n) is 8.06. The zero-order chi connectivity index (χ0) is 10.6. The Balaban J connectivity index is 2.79. The average Bonchev–Trinajstić information content (AvgIpc) is 2.19. The smallest absolute Gasteiger partial charge is 0.123 e. The Labute approximate surface area is 94.0 Å². The molecule has 0 bridgehead atoms. The van der Waals surface area contributed by atoms with Gasteiger partial charge >= 0.3 is 0 Å². The second-order valence-electron chi connectivity index (χ2n) is 3.37. The zero-order valence-corrected chi connectivity index (χ0v) is 9.58. The summed E-state index contributed by atoms with van der Waals surface area (Å²) in [5.41, 5.74) is 0.846. The fourth-order valence-corrected chi connectivity index (χ4v) is 1.84. The monoisotopic (exact) mass is 234 g/mol. The summed E-state index contributed by atoms with van der Waals surface area (Å²) in [6.07, 6.45) is 1.73. The Morgan fingerprint density at radius 1 is 1.43 bits per heavy atom. The number of benzene rings is 1. The molecule has 0 aliphatic carbocycles. The largest absolute Gasteiger partial charge is 0.207 e. The maximum Gasteiger partial charge on any atom is 0.123 e. The molecule has 14 heavy (non-hydrogen) atoms. The van der Waals surface area contributed by atoms with Crippen LogP contribution in [0.15, 0.2) is 18.2 Å². The SMILES string of the molecule is CCC(CCl)Cc1cc(F)ccc1Cl. The molecule has 3 heteroatoms. The number of alkyl halides is 1. The van der Waals surface area contributed by atoms with Gasteiger partial charge < -0.3 is 0 Å². The van der Waals surface area contributed by atoms with Crippen molar-refractivity contribution in [2.24, 2.45) is 5.92 Å². The molecule has 1 aromatic carbocycles. The van der Waals surface area contributed by atoms with Gasteiger partial charge in [0.05, 0.1) is 0 Å². The molecular weight excluding hydrogens is 222 g/mol. The van der Waals surface area contributed by atoms with E-state index < -0.39 is 0 Å². The van der Waals surface area contributed by atoms with Crippen LogP contribution in [0.1, 0.15) is 18.9 Å². The van der Waals surface area contributed by atoms with Gasteiger partial charge in [-0.1, -0.05) is 24.9 Å². The quantitative estimate of drug-likeness (QED) is 0.683. The molecule has 0 aromatic heterocycles. The summed E-state index contributed by atoms with van der Waals surface area (Å²) in [6, 6.07) is 4.44. The van der Waals surface area contributed by atoms with E-state index in [4.69, 9.17) is 23.2 Å². The minimum atomic E-state index is -0.242. The maximum absolute atomic E-state index is 12.9. The van der Waals surface area contributed by atoms with Crippen molar-refractivity contribution < 1.29 is 4.39 Å². The predicted octanol–water partition coefficient (Wildman–Crippen LogP) is 4.29. The molecule has 0 heterocycles. The normalized spacial score (nSPS) is 12.9. The number of rotatable bonds is 4. The van der Waals surface area contributed by atoms with E-state index in [2.05, 4.69) is 6.92 Å². The van der Waals surface area contributed by atoms with Crippen molar-refractivity contribution in [3.05, 3.63) is 34.6 Å². The first-order valence-corrected chi connectivity index (χ1v) is 5.58. The third kappa shape index (κ3) is 3.14. The van der Waals surface area contributed by atoms with Crippen molar-refractivity contribution in [2.45, 2.75) is 19.8 Å². The molecule has 0 spiro atoms. The fraction of sp³-hybridized carbons (Fsp3) is 0.455.